The fraction of sp³-hybridized carbons (Fsp3) is 0.731. The first-order chi connectivity index (χ1) is 18.0. The number of ether oxygens (including phenoxy) is 3. The van der Waals surface area contributed by atoms with Crippen LogP contribution in [0, 0.1) is 23.2 Å². The molecule has 12 heteroatoms. The summed E-state index contributed by atoms with van der Waals surface area (Å²) < 4.78 is 16.7. The molecule has 0 aliphatic carbocycles. The molecular formula is C26H45N3O7S2. The minimum Gasteiger partial charge on any atom is -0.382 e. The van der Waals surface area contributed by atoms with E-state index in [0.717, 1.165) is 4.21 Å². The van der Waals surface area contributed by atoms with Crippen LogP contribution in [0.3, 0.4) is 0 Å². The summed E-state index contributed by atoms with van der Waals surface area (Å²) in [6, 6.07) is 3.03. The van der Waals surface area contributed by atoms with Crippen LogP contribution >= 0.6 is 23.1 Å². The van der Waals surface area contributed by atoms with Crippen molar-refractivity contribution >= 4 is 40.8 Å². The largest absolute Gasteiger partial charge is 0.382 e. The lowest BCUT2D eigenvalue weighted by molar-refractivity contribution is -0.141. The zero-order valence-electron chi connectivity index (χ0n) is 23.4. The van der Waals surface area contributed by atoms with Gasteiger partial charge >= 0.3 is 0 Å². The Labute approximate surface area is 234 Å². The van der Waals surface area contributed by atoms with Crippen LogP contribution in [0.25, 0.3) is 0 Å². The molecule has 0 aromatic carbocycles. The van der Waals surface area contributed by atoms with E-state index in [2.05, 4.69) is 10.6 Å². The third-order valence-corrected chi connectivity index (χ3v) is 7.91. The summed E-state index contributed by atoms with van der Waals surface area (Å²) in [7, 11) is 1.61. The maximum absolute atomic E-state index is 13.6. The van der Waals surface area contributed by atoms with E-state index in [0.29, 0.717) is 45.2 Å². The van der Waals surface area contributed by atoms with Crippen LogP contribution < -0.4 is 16.1 Å². The summed E-state index contributed by atoms with van der Waals surface area (Å²) in [4.78, 5) is 39.3. The number of thiophene rings is 1. The lowest BCUT2D eigenvalue weighted by Crippen LogP contribution is -2.56. The lowest BCUT2D eigenvalue weighted by atomic mass is 9.82. The van der Waals surface area contributed by atoms with E-state index < -0.39 is 35.1 Å². The second-order valence-electron chi connectivity index (χ2n) is 10.4. The van der Waals surface area contributed by atoms with Gasteiger partial charge in [0.15, 0.2) is 0 Å². The quantitative estimate of drug-likeness (QED) is 0.0856. The van der Waals surface area contributed by atoms with Gasteiger partial charge in [0.1, 0.15) is 6.04 Å². The molecule has 0 fully saturated rings. The third-order valence-electron chi connectivity index (χ3n) is 5.66. The minimum atomic E-state index is -0.829. The van der Waals surface area contributed by atoms with Gasteiger partial charge < -0.3 is 24.8 Å². The molecule has 38 heavy (non-hydrogen) atoms. The molecule has 3 atom stereocenters. The first-order valence-corrected chi connectivity index (χ1v) is 14.7. The number of hydroxylamine groups is 1. The van der Waals surface area contributed by atoms with Crippen LogP contribution in [0.5, 0.6) is 0 Å². The van der Waals surface area contributed by atoms with E-state index in [9.17, 15) is 19.6 Å². The topological polar surface area (TPSA) is 135 Å². The number of carbonyl (C=O) groups excluding carboxylic acids is 3. The summed E-state index contributed by atoms with van der Waals surface area (Å²) in [5, 5.41) is 17.1. The smallest absolute Gasteiger partial charge is 0.248 e. The summed E-state index contributed by atoms with van der Waals surface area (Å²) >= 11 is 3.01. The molecule has 0 spiro atoms. The Morgan fingerprint density at radius 2 is 1.66 bits per heavy atom. The van der Waals surface area contributed by atoms with Crippen molar-refractivity contribution in [2.45, 2.75) is 51.3 Å². The molecule has 1 heterocycles. The van der Waals surface area contributed by atoms with Crippen molar-refractivity contribution in [1.29, 1.82) is 0 Å². The van der Waals surface area contributed by atoms with Crippen molar-refractivity contribution in [2.24, 2.45) is 23.2 Å². The molecule has 10 nitrogen and oxygen atoms in total. The average molecular weight is 576 g/mol. The van der Waals surface area contributed by atoms with Gasteiger partial charge in [-0.2, -0.15) is 0 Å². The molecular weight excluding hydrogens is 530 g/mol. The van der Waals surface area contributed by atoms with Gasteiger partial charge in [-0.25, -0.2) is 5.48 Å². The predicted molar refractivity (Wildman–Crippen MR) is 149 cm³/mol. The minimum absolute atomic E-state index is 0.115. The molecule has 0 saturated heterocycles. The van der Waals surface area contributed by atoms with Gasteiger partial charge in [0.2, 0.25) is 17.7 Å². The van der Waals surface area contributed by atoms with Crippen molar-refractivity contribution in [2.75, 3.05) is 52.4 Å². The number of carbonyl (C=O) groups is 3. The van der Waals surface area contributed by atoms with Crippen LogP contribution in [0.4, 0.5) is 0 Å². The highest BCUT2D eigenvalue weighted by atomic mass is 32.2. The molecule has 0 unspecified atom stereocenters. The van der Waals surface area contributed by atoms with Crippen LogP contribution in [0.1, 0.15) is 41.0 Å². The van der Waals surface area contributed by atoms with Crippen LogP contribution in [-0.2, 0) is 28.6 Å². The Hall–Kier alpha value is -1.70. The molecule has 0 radical (unpaired) electrons. The highest BCUT2D eigenvalue weighted by Gasteiger charge is 2.39. The summed E-state index contributed by atoms with van der Waals surface area (Å²) in [5.74, 6) is -2.41. The molecule has 0 aliphatic heterocycles. The van der Waals surface area contributed by atoms with Crippen LogP contribution in [0.2, 0.25) is 0 Å². The highest BCUT2D eigenvalue weighted by molar-refractivity contribution is 8.01. The van der Waals surface area contributed by atoms with E-state index in [1.54, 1.807) is 23.9 Å². The Kier molecular flexibility index (Phi) is 16.8. The number of hydrogen-bond acceptors (Lipinski definition) is 9. The van der Waals surface area contributed by atoms with Crippen molar-refractivity contribution in [3.8, 4) is 0 Å². The van der Waals surface area contributed by atoms with Crippen molar-refractivity contribution < 1.29 is 33.8 Å². The fourth-order valence-corrected chi connectivity index (χ4v) is 5.67. The van der Waals surface area contributed by atoms with E-state index >= 15 is 0 Å². The van der Waals surface area contributed by atoms with Crippen molar-refractivity contribution in [3.63, 3.8) is 0 Å². The monoisotopic (exact) mass is 575 g/mol. The number of hydrogen-bond donors (Lipinski definition) is 4. The second kappa shape index (κ2) is 18.6. The lowest BCUT2D eigenvalue weighted by Gasteiger charge is -2.33. The molecule has 1 rings (SSSR count). The van der Waals surface area contributed by atoms with Gasteiger partial charge in [0.25, 0.3) is 0 Å². The first kappa shape index (κ1) is 34.3. The number of rotatable bonds is 19. The zero-order valence-corrected chi connectivity index (χ0v) is 25.0. The normalized spacial score (nSPS) is 14.1. The van der Waals surface area contributed by atoms with Crippen LogP contribution in [0.15, 0.2) is 21.7 Å². The van der Waals surface area contributed by atoms with Gasteiger partial charge in [0, 0.05) is 19.4 Å². The molecule has 1 aromatic heterocycles. The Morgan fingerprint density at radius 3 is 2.21 bits per heavy atom. The Morgan fingerprint density at radius 1 is 1.00 bits per heavy atom. The highest BCUT2D eigenvalue weighted by Crippen LogP contribution is 2.31. The predicted octanol–water partition coefficient (Wildman–Crippen LogP) is 2.95. The number of thioether (sulfide) groups is 1. The summed E-state index contributed by atoms with van der Waals surface area (Å²) in [5.41, 5.74) is 1.15. The van der Waals surface area contributed by atoms with Gasteiger partial charge in [-0.1, -0.05) is 40.7 Å². The molecule has 1 aromatic rings. The maximum Gasteiger partial charge on any atom is 0.248 e. The SMILES string of the molecule is COCCOCCOCCNC(=O)[C@@H](NC(=O)[C@H](CC(C)C)[C@H](CSc1cccs1)C(=O)NO)C(C)(C)C. The van der Waals surface area contributed by atoms with Gasteiger partial charge in [0.05, 0.1) is 49.1 Å². The van der Waals surface area contributed by atoms with Gasteiger partial charge in [-0.05, 0) is 29.2 Å². The number of methoxy groups -OCH3 is 1. The van der Waals surface area contributed by atoms with Crippen molar-refractivity contribution in [3.05, 3.63) is 17.5 Å². The third kappa shape index (κ3) is 13.4. The van der Waals surface area contributed by atoms with E-state index in [1.165, 1.54) is 11.8 Å². The van der Waals surface area contributed by atoms with E-state index in [1.807, 2.05) is 52.1 Å². The van der Waals surface area contributed by atoms with Gasteiger partial charge in [-0.15, -0.1) is 23.1 Å². The van der Waals surface area contributed by atoms with E-state index in [-0.39, 0.29) is 18.4 Å². The van der Waals surface area contributed by atoms with Crippen LogP contribution in [-0.4, -0.2) is 81.4 Å². The zero-order chi connectivity index (χ0) is 28.6. The number of amides is 3. The second-order valence-corrected chi connectivity index (χ2v) is 12.6. The standard InChI is InChI=1S/C26H45N3O7S2/c1-18(2)16-19(20(24(31)29-33)17-38-21-8-7-15-37-21)23(30)28-22(26(3,4)5)25(32)27-9-10-35-13-14-36-12-11-34-6/h7-8,15,18-20,22,33H,9-14,16-17H2,1-6H3,(H,27,32)(H,28,30)(H,29,31)/t19-,20+,22-/m1/s1. The molecule has 3 amide bonds. The van der Waals surface area contributed by atoms with Crippen molar-refractivity contribution in [1.82, 2.24) is 16.1 Å². The Balaban J connectivity index is 2.82. The molecule has 4 N–H and O–H groups in total. The molecule has 0 bridgehead atoms. The first-order valence-electron chi connectivity index (χ1n) is 12.8. The Bertz CT molecular complexity index is 816. The van der Waals surface area contributed by atoms with Gasteiger partial charge in [-0.3, -0.25) is 19.6 Å². The fourth-order valence-electron chi connectivity index (χ4n) is 3.67. The number of nitrogens with one attached hydrogen (secondary N) is 3. The summed E-state index contributed by atoms with van der Waals surface area (Å²) in [6.45, 7) is 12.0. The van der Waals surface area contributed by atoms with E-state index in [4.69, 9.17) is 14.2 Å². The molecule has 218 valence electrons. The molecule has 0 saturated carbocycles. The summed E-state index contributed by atoms with van der Waals surface area (Å²) in [6.07, 6.45) is 0.424. The molecule has 0 aliphatic rings. The maximum atomic E-state index is 13.6. The average Bonchev–Trinajstić information content (AvgIpc) is 3.37.